The highest BCUT2D eigenvalue weighted by Crippen LogP contribution is 2.39. The van der Waals surface area contributed by atoms with Crippen molar-refractivity contribution < 1.29 is 14.3 Å². The summed E-state index contributed by atoms with van der Waals surface area (Å²) >= 11 is 0. The first-order chi connectivity index (χ1) is 25.0. The highest BCUT2D eigenvalue weighted by atomic mass is 16.5. The van der Waals surface area contributed by atoms with E-state index in [-0.39, 0.29) is 23.6 Å². The van der Waals surface area contributed by atoms with E-state index in [1.165, 1.54) is 6.42 Å². The Bertz CT molecular complexity index is 2020. The number of amides is 2. The van der Waals surface area contributed by atoms with Crippen LogP contribution in [0.4, 0.5) is 16.6 Å². The third-order valence-electron chi connectivity index (χ3n) is 9.81. The summed E-state index contributed by atoms with van der Waals surface area (Å²) in [6.07, 6.45) is 8.40. The van der Waals surface area contributed by atoms with E-state index in [0.717, 1.165) is 66.5 Å². The molecule has 5 heterocycles. The first kappa shape index (κ1) is 35.2. The average Bonchev–Trinajstić information content (AvgIpc) is 3.74. The zero-order valence-electron chi connectivity index (χ0n) is 30.9. The van der Waals surface area contributed by atoms with Gasteiger partial charge in [0.15, 0.2) is 5.65 Å². The van der Waals surface area contributed by atoms with Gasteiger partial charge in [0, 0.05) is 36.7 Å². The molecular formula is C38H49N11O3. The number of carbonyl (C=O) groups is 1. The highest BCUT2D eigenvalue weighted by Gasteiger charge is 2.31. The molecule has 274 valence electrons. The van der Waals surface area contributed by atoms with Crippen LogP contribution in [-0.2, 0) is 5.41 Å². The Kier molecular flexibility index (Phi) is 10.00. The van der Waals surface area contributed by atoms with Gasteiger partial charge in [-0.3, -0.25) is 9.72 Å². The van der Waals surface area contributed by atoms with Gasteiger partial charge in [-0.1, -0.05) is 45.0 Å². The van der Waals surface area contributed by atoms with Crippen LogP contribution >= 0.6 is 0 Å². The van der Waals surface area contributed by atoms with E-state index in [4.69, 9.17) is 14.6 Å². The fourth-order valence-electron chi connectivity index (χ4n) is 6.91. The molecular weight excluding hydrogens is 658 g/mol. The summed E-state index contributed by atoms with van der Waals surface area (Å²) in [5.41, 5.74) is 4.07. The summed E-state index contributed by atoms with van der Waals surface area (Å²) < 4.78 is 16.2. The molecule has 52 heavy (non-hydrogen) atoms. The Morgan fingerprint density at radius 3 is 2.62 bits per heavy atom. The van der Waals surface area contributed by atoms with Crippen LogP contribution in [0.5, 0.6) is 11.6 Å². The van der Waals surface area contributed by atoms with Gasteiger partial charge in [-0.2, -0.15) is 10.2 Å². The number of fused-ring (bicyclic) bond motifs is 2. The first-order valence-corrected chi connectivity index (χ1v) is 18.2. The molecule has 3 atom stereocenters. The molecule has 1 fully saturated rings. The maximum Gasteiger partial charge on any atom is 0.320 e. The van der Waals surface area contributed by atoms with Gasteiger partial charge in [0.2, 0.25) is 11.8 Å². The second-order valence-electron chi connectivity index (χ2n) is 15.1. The number of aromatic nitrogens is 7. The van der Waals surface area contributed by atoms with E-state index in [9.17, 15) is 4.79 Å². The number of pyridine rings is 1. The number of carbonyl (C=O) groups excluding carboxylic acids is 1. The van der Waals surface area contributed by atoms with Crippen molar-refractivity contribution in [2.24, 2.45) is 0 Å². The number of hydrogen-bond acceptors (Lipinski definition) is 10. The molecule has 2 aliphatic rings. The molecule has 2 N–H and O–H groups in total. The van der Waals surface area contributed by atoms with Crippen LogP contribution in [0.25, 0.3) is 11.3 Å². The molecule has 0 bridgehead atoms. The maximum atomic E-state index is 13.7. The summed E-state index contributed by atoms with van der Waals surface area (Å²) in [6.45, 7) is 10.7. The highest BCUT2D eigenvalue weighted by molar-refractivity contribution is 5.89. The largest absolute Gasteiger partial charge is 0.484 e. The van der Waals surface area contributed by atoms with Crippen LogP contribution in [0.2, 0.25) is 0 Å². The SMILES string of the molecule is CC1CCCCN1c1nnc2ccc(O[C@@H]3CC[C@H](NC(=O)Nc4cc(C(C)(C)C)nn4-c4cnnc(OCCN(C)C)c4)c4ccccc43)cn12. The zero-order valence-corrected chi connectivity index (χ0v) is 30.9. The molecule has 1 aliphatic carbocycles. The molecule has 1 aliphatic heterocycles. The summed E-state index contributed by atoms with van der Waals surface area (Å²) in [7, 11) is 3.97. The van der Waals surface area contributed by atoms with Gasteiger partial charge in [-0.05, 0) is 76.4 Å². The summed E-state index contributed by atoms with van der Waals surface area (Å²) in [5, 5.41) is 28.4. The third kappa shape index (κ3) is 7.66. The zero-order chi connectivity index (χ0) is 36.4. The predicted octanol–water partition coefficient (Wildman–Crippen LogP) is 6.10. The molecule has 2 amide bonds. The van der Waals surface area contributed by atoms with Crippen LogP contribution in [0.15, 0.2) is 60.9 Å². The Balaban J connectivity index is 1.07. The second-order valence-corrected chi connectivity index (χ2v) is 15.1. The lowest BCUT2D eigenvalue weighted by atomic mass is 9.85. The van der Waals surface area contributed by atoms with Gasteiger partial charge in [-0.15, -0.1) is 15.3 Å². The van der Waals surface area contributed by atoms with Gasteiger partial charge >= 0.3 is 6.03 Å². The summed E-state index contributed by atoms with van der Waals surface area (Å²) in [5.74, 6) is 2.51. The molecule has 5 aromatic rings. The molecule has 14 heteroatoms. The minimum atomic E-state index is -0.331. The summed E-state index contributed by atoms with van der Waals surface area (Å²) in [4.78, 5) is 18.1. The molecule has 4 aromatic heterocycles. The fourth-order valence-corrected chi connectivity index (χ4v) is 6.91. The fraction of sp³-hybridized carbons (Fsp3) is 0.474. The molecule has 0 saturated carbocycles. The van der Waals surface area contributed by atoms with E-state index in [1.807, 2.05) is 59.9 Å². The maximum absolute atomic E-state index is 13.7. The average molecular weight is 708 g/mol. The Hall–Kier alpha value is -5.24. The third-order valence-corrected chi connectivity index (χ3v) is 9.81. The number of anilines is 2. The number of urea groups is 1. The number of hydrogen-bond donors (Lipinski definition) is 2. The first-order valence-electron chi connectivity index (χ1n) is 18.2. The monoisotopic (exact) mass is 707 g/mol. The topological polar surface area (TPSA) is 140 Å². The number of rotatable bonds is 10. The molecule has 0 radical (unpaired) electrons. The Morgan fingerprint density at radius 2 is 1.83 bits per heavy atom. The smallest absolute Gasteiger partial charge is 0.320 e. The van der Waals surface area contributed by atoms with Gasteiger partial charge in [0.05, 0.1) is 29.8 Å². The van der Waals surface area contributed by atoms with Crippen molar-refractivity contribution >= 4 is 23.4 Å². The lowest BCUT2D eigenvalue weighted by molar-refractivity contribution is 0.171. The van der Waals surface area contributed by atoms with Crippen LogP contribution in [0.1, 0.15) is 88.8 Å². The number of ether oxygens (including phenoxy) is 2. The van der Waals surface area contributed by atoms with E-state index in [0.29, 0.717) is 36.5 Å². The molecule has 1 saturated heterocycles. The van der Waals surface area contributed by atoms with Crippen LogP contribution in [0, 0.1) is 0 Å². The van der Waals surface area contributed by atoms with Crippen molar-refractivity contribution in [3.05, 3.63) is 77.7 Å². The normalized spacial score (nSPS) is 19.1. The molecule has 7 rings (SSSR count). The van der Waals surface area contributed by atoms with Crippen molar-refractivity contribution in [2.45, 2.75) is 83.4 Å². The molecule has 1 unspecified atom stereocenters. The van der Waals surface area contributed by atoms with Crippen molar-refractivity contribution in [3.63, 3.8) is 0 Å². The van der Waals surface area contributed by atoms with Gasteiger partial charge in [-0.25, -0.2) is 9.48 Å². The number of piperidine rings is 1. The van der Waals surface area contributed by atoms with Crippen molar-refractivity contribution in [1.29, 1.82) is 0 Å². The van der Waals surface area contributed by atoms with Crippen LogP contribution in [0.3, 0.4) is 0 Å². The predicted molar refractivity (Wildman–Crippen MR) is 199 cm³/mol. The van der Waals surface area contributed by atoms with Gasteiger partial charge in [0.25, 0.3) is 0 Å². The number of nitrogens with zero attached hydrogens (tertiary/aromatic N) is 9. The van der Waals surface area contributed by atoms with Crippen molar-refractivity contribution in [2.75, 3.05) is 44.0 Å². The number of nitrogens with one attached hydrogen (secondary N) is 2. The quantitative estimate of drug-likeness (QED) is 0.175. The second kappa shape index (κ2) is 14.8. The van der Waals surface area contributed by atoms with Gasteiger partial charge < -0.3 is 24.6 Å². The minimum absolute atomic E-state index is 0.173. The van der Waals surface area contributed by atoms with E-state index < -0.39 is 0 Å². The number of likely N-dealkylation sites (N-methyl/N-ethyl adjacent to an activating group) is 1. The standard InChI is InChI=1S/C38H49N11O3/c1-25-11-9-10-18-47(25)37-44-42-33-17-14-27(24-48(33)37)52-31-16-15-30(28-12-7-8-13-29(28)31)40-36(50)41-34-22-32(38(2,3)4)45-49(34)26-21-35(43-39-23-26)51-20-19-46(5)6/h7-8,12-14,17,21-25,30-31H,9-11,15-16,18-20H2,1-6H3,(H2,40,41,50)/t25?,30-,31+/m0/s1. The molecule has 1 aromatic carbocycles. The molecule has 0 spiro atoms. The van der Waals surface area contributed by atoms with E-state index in [2.05, 4.69) is 75.8 Å². The lowest BCUT2D eigenvalue weighted by Gasteiger charge is -2.33. The number of benzene rings is 1. The van der Waals surface area contributed by atoms with Gasteiger partial charge in [0.1, 0.15) is 24.3 Å². The lowest BCUT2D eigenvalue weighted by Crippen LogP contribution is -2.38. The van der Waals surface area contributed by atoms with Crippen LogP contribution < -0.4 is 25.0 Å². The van der Waals surface area contributed by atoms with E-state index in [1.54, 1.807) is 16.9 Å². The Labute approximate surface area is 304 Å². The molecule has 14 nitrogen and oxygen atoms in total. The Morgan fingerprint density at radius 1 is 1.00 bits per heavy atom. The van der Waals surface area contributed by atoms with E-state index >= 15 is 0 Å². The van der Waals surface area contributed by atoms with Crippen molar-refractivity contribution in [1.82, 2.24) is 44.8 Å². The van der Waals surface area contributed by atoms with Crippen molar-refractivity contribution in [3.8, 4) is 17.3 Å². The minimum Gasteiger partial charge on any atom is -0.484 e. The summed E-state index contributed by atoms with van der Waals surface area (Å²) in [6, 6.07) is 15.6. The van der Waals surface area contributed by atoms with Crippen LogP contribution in [-0.4, -0.2) is 85.3 Å².